The highest BCUT2D eigenvalue weighted by Crippen LogP contribution is 2.17. The minimum Gasteiger partial charge on any atom is -0.461 e. The van der Waals surface area contributed by atoms with Crippen LogP contribution in [0, 0.1) is 6.92 Å². The molecule has 5 heteroatoms. The summed E-state index contributed by atoms with van der Waals surface area (Å²) in [5, 5.41) is 0. The summed E-state index contributed by atoms with van der Waals surface area (Å²) in [4.78, 5) is 15.9. The number of ether oxygens (including phenoxy) is 1. The van der Waals surface area contributed by atoms with Gasteiger partial charge < -0.3 is 15.0 Å². The van der Waals surface area contributed by atoms with Crippen molar-refractivity contribution in [3.63, 3.8) is 0 Å². The number of esters is 1. The zero-order chi connectivity index (χ0) is 15.0. The fourth-order valence-electron chi connectivity index (χ4n) is 2.26. The van der Waals surface area contributed by atoms with Crippen LogP contribution in [0.25, 0.3) is 0 Å². The monoisotopic (exact) mass is 281 g/mol. The van der Waals surface area contributed by atoms with E-state index in [2.05, 4.69) is 11.9 Å². The molecular formula is C15H27N3O2. The summed E-state index contributed by atoms with van der Waals surface area (Å²) >= 11 is 0. The largest absolute Gasteiger partial charge is 0.461 e. The Morgan fingerprint density at radius 2 is 1.85 bits per heavy atom. The predicted octanol–water partition coefficient (Wildman–Crippen LogP) is 3.31. The third-order valence-electron chi connectivity index (χ3n) is 3.40. The van der Waals surface area contributed by atoms with E-state index in [1.54, 1.807) is 6.92 Å². The van der Waals surface area contributed by atoms with Gasteiger partial charge in [-0.25, -0.2) is 9.78 Å². The number of unbranched alkanes of at least 4 members (excludes halogenated alkanes) is 5. The van der Waals surface area contributed by atoms with Gasteiger partial charge in [-0.2, -0.15) is 0 Å². The molecule has 0 bridgehead atoms. The molecule has 0 saturated carbocycles. The maximum Gasteiger partial charge on any atom is 0.360 e. The molecule has 20 heavy (non-hydrogen) atoms. The summed E-state index contributed by atoms with van der Waals surface area (Å²) in [5.74, 6) is 0.767. The van der Waals surface area contributed by atoms with Gasteiger partial charge in [0.1, 0.15) is 11.6 Å². The first-order valence-corrected chi connectivity index (χ1v) is 7.61. The number of hydrogen-bond donors (Lipinski definition) is 1. The quantitative estimate of drug-likeness (QED) is 0.557. The number of nitrogens with zero attached hydrogens (tertiary/aromatic N) is 2. The van der Waals surface area contributed by atoms with Crippen LogP contribution in [0.1, 0.15) is 68.7 Å². The maximum atomic E-state index is 11.7. The minimum atomic E-state index is -0.435. The number of anilines is 1. The van der Waals surface area contributed by atoms with Crippen molar-refractivity contribution in [2.75, 3.05) is 12.3 Å². The van der Waals surface area contributed by atoms with Gasteiger partial charge in [-0.05, 0) is 20.3 Å². The summed E-state index contributed by atoms with van der Waals surface area (Å²) in [5.41, 5.74) is 6.24. The molecule has 5 nitrogen and oxygen atoms in total. The fourth-order valence-corrected chi connectivity index (χ4v) is 2.26. The number of rotatable bonds is 9. The Labute approximate surface area is 121 Å². The van der Waals surface area contributed by atoms with Crippen LogP contribution >= 0.6 is 0 Å². The minimum absolute atomic E-state index is 0.246. The number of nitrogens with two attached hydrogens (primary N) is 1. The summed E-state index contributed by atoms with van der Waals surface area (Å²) in [7, 11) is 0. The third-order valence-corrected chi connectivity index (χ3v) is 3.40. The van der Waals surface area contributed by atoms with Crippen molar-refractivity contribution < 1.29 is 9.53 Å². The number of carbonyl (C=O) groups is 1. The number of aromatic nitrogens is 2. The lowest BCUT2D eigenvalue weighted by Crippen LogP contribution is -2.10. The lowest BCUT2D eigenvalue weighted by atomic mass is 10.1. The van der Waals surface area contributed by atoms with Crippen LogP contribution < -0.4 is 5.73 Å². The molecule has 0 aromatic carbocycles. The van der Waals surface area contributed by atoms with E-state index in [9.17, 15) is 4.79 Å². The Kier molecular flexibility index (Phi) is 7.12. The van der Waals surface area contributed by atoms with Gasteiger partial charge in [-0.1, -0.05) is 39.0 Å². The number of hydrogen-bond acceptors (Lipinski definition) is 4. The molecule has 0 atom stereocenters. The van der Waals surface area contributed by atoms with E-state index in [0.29, 0.717) is 12.4 Å². The van der Waals surface area contributed by atoms with Crippen molar-refractivity contribution in [3.8, 4) is 0 Å². The third kappa shape index (κ3) is 4.54. The zero-order valence-electron chi connectivity index (χ0n) is 12.9. The molecule has 0 aliphatic heterocycles. The molecule has 0 aliphatic carbocycles. The van der Waals surface area contributed by atoms with E-state index >= 15 is 0 Å². The molecule has 0 unspecified atom stereocenters. The number of imidazole rings is 1. The van der Waals surface area contributed by atoms with Gasteiger partial charge in [0.05, 0.1) is 6.61 Å². The average Bonchev–Trinajstić information content (AvgIpc) is 2.70. The first-order valence-electron chi connectivity index (χ1n) is 7.61. The van der Waals surface area contributed by atoms with E-state index in [1.807, 2.05) is 11.5 Å². The van der Waals surface area contributed by atoms with Crippen LogP contribution in [0.2, 0.25) is 0 Å². The van der Waals surface area contributed by atoms with E-state index in [4.69, 9.17) is 10.5 Å². The molecule has 2 N–H and O–H groups in total. The molecule has 0 spiro atoms. The lowest BCUT2D eigenvalue weighted by molar-refractivity contribution is 0.0521. The molecule has 1 heterocycles. The number of aryl methyl sites for hydroxylation is 1. The standard InChI is InChI=1S/C15H27N3O2/c1-4-6-7-8-9-10-11-18-12(3)17-13(14(18)16)15(19)20-5-2/h4-11,16H2,1-3H3. The molecule has 1 rings (SSSR count). The van der Waals surface area contributed by atoms with Gasteiger partial charge in [0.15, 0.2) is 5.69 Å². The topological polar surface area (TPSA) is 70.1 Å². The smallest absolute Gasteiger partial charge is 0.360 e. The van der Waals surface area contributed by atoms with Crippen molar-refractivity contribution in [2.45, 2.75) is 65.8 Å². The van der Waals surface area contributed by atoms with Crippen molar-refractivity contribution >= 4 is 11.8 Å². The Morgan fingerprint density at radius 3 is 2.50 bits per heavy atom. The van der Waals surface area contributed by atoms with Gasteiger partial charge in [0, 0.05) is 6.54 Å². The Bertz CT molecular complexity index is 427. The number of nitrogen functional groups attached to an aromatic ring is 1. The molecule has 0 fully saturated rings. The second kappa shape index (κ2) is 8.61. The Hall–Kier alpha value is -1.52. The second-order valence-electron chi connectivity index (χ2n) is 5.03. The van der Waals surface area contributed by atoms with Gasteiger partial charge in [0.25, 0.3) is 0 Å². The molecule has 1 aromatic heterocycles. The lowest BCUT2D eigenvalue weighted by Gasteiger charge is -2.07. The second-order valence-corrected chi connectivity index (χ2v) is 5.03. The molecule has 0 aliphatic rings. The predicted molar refractivity (Wildman–Crippen MR) is 80.7 cm³/mol. The van der Waals surface area contributed by atoms with Gasteiger partial charge >= 0.3 is 5.97 Å². The Balaban J connectivity index is 2.52. The highest BCUT2D eigenvalue weighted by atomic mass is 16.5. The summed E-state index contributed by atoms with van der Waals surface area (Å²) in [6.45, 7) is 7.01. The zero-order valence-corrected chi connectivity index (χ0v) is 12.9. The summed E-state index contributed by atoms with van der Waals surface area (Å²) in [6.07, 6.45) is 7.37. The molecule has 0 amide bonds. The fraction of sp³-hybridized carbons (Fsp3) is 0.733. The molecule has 114 valence electrons. The molecule has 0 saturated heterocycles. The van der Waals surface area contributed by atoms with E-state index < -0.39 is 5.97 Å². The van der Waals surface area contributed by atoms with Crippen LogP contribution in [-0.4, -0.2) is 22.1 Å². The van der Waals surface area contributed by atoms with Gasteiger partial charge in [0.2, 0.25) is 0 Å². The van der Waals surface area contributed by atoms with Crippen molar-refractivity contribution in [2.24, 2.45) is 0 Å². The normalized spacial score (nSPS) is 10.8. The van der Waals surface area contributed by atoms with E-state index in [-0.39, 0.29) is 5.69 Å². The number of carbonyl (C=O) groups excluding carboxylic acids is 1. The molecule has 0 radical (unpaired) electrons. The van der Waals surface area contributed by atoms with Crippen LogP contribution in [0.15, 0.2) is 0 Å². The van der Waals surface area contributed by atoms with E-state index in [1.165, 1.54) is 32.1 Å². The SMILES string of the molecule is CCCCCCCCn1c(C)nc(C(=O)OCC)c1N. The van der Waals surface area contributed by atoms with Crippen LogP contribution in [0.4, 0.5) is 5.82 Å². The van der Waals surface area contributed by atoms with Crippen molar-refractivity contribution in [3.05, 3.63) is 11.5 Å². The maximum absolute atomic E-state index is 11.7. The van der Waals surface area contributed by atoms with Crippen LogP contribution in [0.3, 0.4) is 0 Å². The van der Waals surface area contributed by atoms with Crippen molar-refractivity contribution in [1.82, 2.24) is 9.55 Å². The Morgan fingerprint density at radius 1 is 1.20 bits per heavy atom. The van der Waals surface area contributed by atoms with Crippen molar-refractivity contribution in [1.29, 1.82) is 0 Å². The van der Waals surface area contributed by atoms with Crippen LogP contribution in [0.5, 0.6) is 0 Å². The summed E-state index contributed by atoms with van der Waals surface area (Å²) < 4.78 is 6.86. The van der Waals surface area contributed by atoms with Crippen LogP contribution in [-0.2, 0) is 11.3 Å². The summed E-state index contributed by atoms with van der Waals surface area (Å²) in [6, 6.07) is 0. The van der Waals surface area contributed by atoms with Gasteiger partial charge in [-0.15, -0.1) is 0 Å². The molecular weight excluding hydrogens is 254 g/mol. The first-order chi connectivity index (χ1) is 9.61. The highest BCUT2D eigenvalue weighted by molar-refractivity contribution is 5.92. The van der Waals surface area contributed by atoms with Gasteiger partial charge in [-0.3, -0.25) is 0 Å². The first kappa shape index (κ1) is 16.5. The highest BCUT2D eigenvalue weighted by Gasteiger charge is 2.19. The average molecular weight is 281 g/mol. The van der Waals surface area contributed by atoms with E-state index in [0.717, 1.165) is 18.8 Å². The molecule has 1 aromatic rings.